The van der Waals surface area contributed by atoms with Gasteiger partial charge in [-0.15, -0.1) is 11.3 Å². The minimum atomic E-state index is 0.680. The molecule has 4 aromatic rings. The van der Waals surface area contributed by atoms with Gasteiger partial charge in [0.1, 0.15) is 10.6 Å². The third kappa shape index (κ3) is 3.16. The lowest BCUT2D eigenvalue weighted by Crippen LogP contribution is -2.35. The molecule has 1 fully saturated rings. The third-order valence-corrected chi connectivity index (χ3v) is 6.25. The monoisotopic (exact) mass is 386 g/mol. The number of anilines is 1. The largest absolute Gasteiger partial charge is 0.356 e. The average molecular weight is 387 g/mol. The van der Waals surface area contributed by atoms with E-state index in [9.17, 15) is 0 Å². The fraction of sp³-hybridized carbons (Fsp3) is 0.261. The highest BCUT2D eigenvalue weighted by Gasteiger charge is 2.24. The molecule has 0 aliphatic carbocycles. The zero-order valence-corrected chi connectivity index (χ0v) is 16.7. The SMILES string of the molecule is C[C@H]1CCCN(c2nc(-c3cccnc3)nc3scc(-c4ccccc4)c23)C1. The van der Waals surface area contributed by atoms with E-state index in [1.807, 2.05) is 18.3 Å². The molecule has 4 nitrogen and oxygen atoms in total. The number of hydrogen-bond donors (Lipinski definition) is 0. The van der Waals surface area contributed by atoms with Crippen molar-refractivity contribution in [3.05, 3.63) is 60.2 Å². The van der Waals surface area contributed by atoms with E-state index < -0.39 is 0 Å². The van der Waals surface area contributed by atoms with Crippen LogP contribution in [0.1, 0.15) is 19.8 Å². The molecule has 1 saturated heterocycles. The molecule has 0 bridgehead atoms. The van der Waals surface area contributed by atoms with E-state index in [1.165, 1.54) is 29.4 Å². The number of thiophene rings is 1. The first-order valence-corrected chi connectivity index (χ1v) is 10.7. The van der Waals surface area contributed by atoms with Gasteiger partial charge in [-0.3, -0.25) is 4.98 Å². The summed E-state index contributed by atoms with van der Waals surface area (Å²) in [5, 5.41) is 3.40. The van der Waals surface area contributed by atoms with Crippen molar-refractivity contribution >= 4 is 27.4 Å². The van der Waals surface area contributed by atoms with E-state index in [0.29, 0.717) is 5.92 Å². The van der Waals surface area contributed by atoms with Crippen LogP contribution in [0, 0.1) is 5.92 Å². The molecule has 0 unspecified atom stereocenters. The van der Waals surface area contributed by atoms with Crippen LogP contribution in [0.4, 0.5) is 5.82 Å². The van der Waals surface area contributed by atoms with Gasteiger partial charge in [-0.05, 0) is 36.5 Å². The van der Waals surface area contributed by atoms with Gasteiger partial charge >= 0.3 is 0 Å². The number of fused-ring (bicyclic) bond motifs is 1. The second-order valence-electron chi connectivity index (χ2n) is 7.50. The van der Waals surface area contributed by atoms with Crippen LogP contribution in [0.3, 0.4) is 0 Å². The highest BCUT2D eigenvalue weighted by molar-refractivity contribution is 7.17. The van der Waals surface area contributed by atoms with E-state index >= 15 is 0 Å². The summed E-state index contributed by atoms with van der Waals surface area (Å²) in [6.07, 6.45) is 6.12. The van der Waals surface area contributed by atoms with Crippen molar-refractivity contribution in [3.8, 4) is 22.5 Å². The smallest absolute Gasteiger partial charge is 0.164 e. The van der Waals surface area contributed by atoms with Gasteiger partial charge < -0.3 is 4.90 Å². The lowest BCUT2D eigenvalue weighted by atomic mass is 9.99. The van der Waals surface area contributed by atoms with Crippen LogP contribution in [0.25, 0.3) is 32.7 Å². The van der Waals surface area contributed by atoms with Gasteiger partial charge in [0.15, 0.2) is 5.82 Å². The molecule has 3 aromatic heterocycles. The lowest BCUT2D eigenvalue weighted by molar-refractivity contribution is 0.445. The molecular weight excluding hydrogens is 364 g/mol. The molecule has 4 heterocycles. The van der Waals surface area contributed by atoms with Gasteiger partial charge in [-0.25, -0.2) is 9.97 Å². The Hall–Kier alpha value is -2.79. The summed E-state index contributed by atoms with van der Waals surface area (Å²) in [5.41, 5.74) is 3.41. The second kappa shape index (κ2) is 7.32. The first-order valence-electron chi connectivity index (χ1n) is 9.79. The molecule has 1 atom stereocenters. The van der Waals surface area contributed by atoms with Crippen LogP contribution in [-0.2, 0) is 0 Å². The number of piperidine rings is 1. The van der Waals surface area contributed by atoms with Gasteiger partial charge in [0, 0.05) is 42.0 Å². The summed E-state index contributed by atoms with van der Waals surface area (Å²) in [7, 11) is 0. The van der Waals surface area contributed by atoms with Gasteiger partial charge in [0.05, 0.1) is 5.39 Å². The maximum atomic E-state index is 5.07. The first-order chi connectivity index (χ1) is 13.8. The number of benzene rings is 1. The maximum Gasteiger partial charge on any atom is 0.164 e. The minimum absolute atomic E-state index is 0.680. The normalized spacial score (nSPS) is 17.2. The molecule has 0 radical (unpaired) electrons. The van der Waals surface area contributed by atoms with Gasteiger partial charge in [0.2, 0.25) is 0 Å². The van der Waals surface area contributed by atoms with Crippen LogP contribution < -0.4 is 4.90 Å². The minimum Gasteiger partial charge on any atom is -0.356 e. The topological polar surface area (TPSA) is 41.9 Å². The fourth-order valence-electron chi connectivity index (χ4n) is 3.99. The van der Waals surface area contributed by atoms with Gasteiger partial charge in [-0.1, -0.05) is 37.3 Å². The van der Waals surface area contributed by atoms with Crippen molar-refractivity contribution in [1.29, 1.82) is 0 Å². The fourth-order valence-corrected chi connectivity index (χ4v) is 4.93. The first kappa shape index (κ1) is 17.3. The van der Waals surface area contributed by atoms with Crippen LogP contribution in [0.15, 0.2) is 60.2 Å². The molecule has 1 aliphatic rings. The van der Waals surface area contributed by atoms with Crippen LogP contribution in [-0.4, -0.2) is 28.0 Å². The number of aromatic nitrogens is 3. The molecule has 0 spiro atoms. The predicted octanol–water partition coefficient (Wildman–Crippen LogP) is 5.66. The lowest BCUT2D eigenvalue weighted by Gasteiger charge is -2.32. The summed E-state index contributed by atoms with van der Waals surface area (Å²) in [6.45, 7) is 4.42. The maximum absolute atomic E-state index is 5.07. The Balaban J connectivity index is 1.73. The van der Waals surface area contributed by atoms with Crippen molar-refractivity contribution < 1.29 is 0 Å². The second-order valence-corrected chi connectivity index (χ2v) is 8.36. The Morgan fingerprint density at radius 2 is 1.89 bits per heavy atom. The Bertz CT molecular complexity index is 1090. The summed E-state index contributed by atoms with van der Waals surface area (Å²) in [4.78, 5) is 17.7. The van der Waals surface area contributed by atoms with Crippen molar-refractivity contribution in [3.63, 3.8) is 0 Å². The number of pyridine rings is 1. The summed E-state index contributed by atoms with van der Waals surface area (Å²) in [6, 6.07) is 14.5. The standard InChI is InChI=1S/C23H22N4S/c1-16-7-6-12-27(14-16)22-20-19(17-8-3-2-4-9-17)15-28-23(20)26-21(25-22)18-10-5-11-24-13-18/h2-5,8-11,13,15-16H,6-7,12,14H2,1H3/t16-/m0/s1. The highest BCUT2D eigenvalue weighted by Crippen LogP contribution is 2.40. The molecule has 5 rings (SSSR count). The van der Waals surface area contributed by atoms with Gasteiger partial charge in [0.25, 0.3) is 0 Å². The molecule has 0 amide bonds. The van der Waals surface area contributed by atoms with Crippen molar-refractivity contribution in [2.75, 3.05) is 18.0 Å². The van der Waals surface area contributed by atoms with Crippen molar-refractivity contribution in [2.24, 2.45) is 5.92 Å². The molecule has 1 aromatic carbocycles. The molecule has 28 heavy (non-hydrogen) atoms. The quantitative estimate of drug-likeness (QED) is 0.456. The van der Waals surface area contributed by atoms with E-state index in [1.54, 1.807) is 17.5 Å². The van der Waals surface area contributed by atoms with Gasteiger partial charge in [-0.2, -0.15) is 0 Å². The molecule has 0 saturated carbocycles. The van der Waals surface area contributed by atoms with E-state index in [4.69, 9.17) is 9.97 Å². The van der Waals surface area contributed by atoms with Crippen LogP contribution in [0.5, 0.6) is 0 Å². The summed E-state index contributed by atoms with van der Waals surface area (Å²) < 4.78 is 0. The predicted molar refractivity (Wildman–Crippen MR) is 117 cm³/mol. The highest BCUT2D eigenvalue weighted by atomic mass is 32.1. The Kier molecular flexibility index (Phi) is 4.53. The third-order valence-electron chi connectivity index (χ3n) is 5.38. The molecule has 5 heteroatoms. The van der Waals surface area contributed by atoms with E-state index in [-0.39, 0.29) is 0 Å². The zero-order valence-electron chi connectivity index (χ0n) is 15.9. The Morgan fingerprint density at radius 3 is 2.68 bits per heavy atom. The summed E-state index contributed by atoms with van der Waals surface area (Å²) in [5.74, 6) is 2.50. The van der Waals surface area contributed by atoms with Crippen molar-refractivity contribution in [2.45, 2.75) is 19.8 Å². The molecular formula is C23H22N4S. The average Bonchev–Trinajstić information content (AvgIpc) is 3.18. The van der Waals surface area contributed by atoms with E-state index in [2.05, 4.69) is 52.5 Å². The molecule has 1 aliphatic heterocycles. The Morgan fingerprint density at radius 1 is 1.04 bits per heavy atom. The number of nitrogens with zero attached hydrogens (tertiary/aromatic N) is 4. The van der Waals surface area contributed by atoms with E-state index in [0.717, 1.165) is 35.1 Å². The van der Waals surface area contributed by atoms with Crippen molar-refractivity contribution in [1.82, 2.24) is 15.0 Å². The van der Waals surface area contributed by atoms with Crippen LogP contribution in [0.2, 0.25) is 0 Å². The van der Waals surface area contributed by atoms with Crippen LogP contribution >= 0.6 is 11.3 Å². The molecule has 0 N–H and O–H groups in total. The zero-order chi connectivity index (χ0) is 18.9. The summed E-state index contributed by atoms with van der Waals surface area (Å²) >= 11 is 1.70. The Labute approximate surface area is 168 Å². The number of hydrogen-bond acceptors (Lipinski definition) is 5. The molecule has 140 valence electrons. The number of rotatable bonds is 3.